The first-order valence-corrected chi connectivity index (χ1v) is 7.96. The Bertz CT molecular complexity index is 575. The average molecular weight is 403 g/mol. The van der Waals surface area contributed by atoms with E-state index in [0.29, 0.717) is 12.8 Å². The average Bonchev–Trinajstić information content (AvgIpc) is 2.41. The van der Waals surface area contributed by atoms with Gasteiger partial charge in [-0.15, -0.1) is 0 Å². The predicted molar refractivity (Wildman–Crippen MR) is 86.3 cm³/mol. The topological polar surface area (TPSA) is 86.6 Å². The molecule has 1 aliphatic carbocycles. The molecule has 0 saturated heterocycles. The van der Waals surface area contributed by atoms with E-state index in [1.54, 1.807) is 12.1 Å². The maximum atomic E-state index is 12.4. The quantitative estimate of drug-likeness (QED) is 0.678. The lowest BCUT2D eigenvalue weighted by atomic mass is 9.76. The number of amides is 1. The summed E-state index contributed by atoms with van der Waals surface area (Å²) >= 11 is 2.04. The Morgan fingerprint density at radius 3 is 2.76 bits per heavy atom. The van der Waals surface area contributed by atoms with Gasteiger partial charge in [0.2, 0.25) is 0 Å². The van der Waals surface area contributed by atoms with Crippen LogP contribution in [0.5, 0.6) is 5.75 Å². The van der Waals surface area contributed by atoms with Crippen molar-refractivity contribution in [3.05, 3.63) is 27.3 Å². The number of aromatic hydroxyl groups is 1. The number of hydrogen-bond donors (Lipinski definition) is 3. The molecule has 1 aromatic carbocycles. The van der Waals surface area contributed by atoms with E-state index in [4.69, 9.17) is 0 Å². The SMILES string of the molecule is CC1CCCC(NC(=O)c2cc(I)ccc2O)(C(=O)O)C1. The summed E-state index contributed by atoms with van der Waals surface area (Å²) < 4.78 is 0.803. The van der Waals surface area contributed by atoms with Gasteiger partial charge in [0.1, 0.15) is 11.3 Å². The number of carbonyl (C=O) groups excluding carboxylic acids is 1. The number of carbonyl (C=O) groups is 2. The number of carboxylic acids is 1. The maximum Gasteiger partial charge on any atom is 0.329 e. The highest BCUT2D eigenvalue weighted by Crippen LogP contribution is 2.33. The summed E-state index contributed by atoms with van der Waals surface area (Å²) in [4.78, 5) is 24.0. The zero-order valence-corrected chi connectivity index (χ0v) is 13.9. The van der Waals surface area contributed by atoms with Crippen molar-refractivity contribution in [2.24, 2.45) is 5.92 Å². The van der Waals surface area contributed by atoms with Crippen LogP contribution in [0.15, 0.2) is 18.2 Å². The van der Waals surface area contributed by atoms with E-state index in [9.17, 15) is 19.8 Å². The molecule has 2 atom stereocenters. The van der Waals surface area contributed by atoms with Crippen molar-refractivity contribution in [3.63, 3.8) is 0 Å². The van der Waals surface area contributed by atoms with Gasteiger partial charge in [0.25, 0.3) is 5.91 Å². The smallest absolute Gasteiger partial charge is 0.329 e. The molecule has 0 spiro atoms. The van der Waals surface area contributed by atoms with Crippen molar-refractivity contribution < 1.29 is 19.8 Å². The molecule has 0 bridgehead atoms. The number of aliphatic carboxylic acids is 1. The molecule has 0 heterocycles. The van der Waals surface area contributed by atoms with Crippen molar-refractivity contribution in [3.8, 4) is 5.75 Å². The van der Waals surface area contributed by atoms with Crippen LogP contribution in [0.3, 0.4) is 0 Å². The summed E-state index contributed by atoms with van der Waals surface area (Å²) in [5.41, 5.74) is -1.12. The Labute approximate surface area is 136 Å². The van der Waals surface area contributed by atoms with E-state index in [2.05, 4.69) is 5.32 Å². The van der Waals surface area contributed by atoms with Crippen LogP contribution in [0.1, 0.15) is 43.0 Å². The lowest BCUT2D eigenvalue weighted by molar-refractivity contribution is -0.146. The molecule has 2 unspecified atom stereocenters. The summed E-state index contributed by atoms with van der Waals surface area (Å²) in [7, 11) is 0. The summed E-state index contributed by atoms with van der Waals surface area (Å²) in [5, 5.41) is 22.0. The molecule has 0 radical (unpaired) electrons. The Hall–Kier alpha value is -1.31. The number of phenolic OH excluding ortho intramolecular Hbond substituents is 1. The van der Waals surface area contributed by atoms with Gasteiger partial charge in [0.15, 0.2) is 0 Å². The molecule has 2 rings (SSSR count). The third-order valence-electron chi connectivity index (χ3n) is 3.96. The Morgan fingerprint density at radius 1 is 1.43 bits per heavy atom. The van der Waals surface area contributed by atoms with Gasteiger partial charge in [0, 0.05) is 3.57 Å². The molecule has 1 amide bonds. The van der Waals surface area contributed by atoms with Crippen LogP contribution in [0.25, 0.3) is 0 Å². The summed E-state index contributed by atoms with van der Waals surface area (Å²) in [6.45, 7) is 1.99. The van der Waals surface area contributed by atoms with E-state index in [0.717, 1.165) is 16.4 Å². The number of nitrogens with one attached hydrogen (secondary N) is 1. The zero-order valence-electron chi connectivity index (χ0n) is 11.7. The van der Waals surface area contributed by atoms with Gasteiger partial charge in [-0.2, -0.15) is 0 Å². The highest BCUT2D eigenvalue weighted by Gasteiger charge is 2.43. The Balaban J connectivity index is 2.27. The highest BCUT2D eigenvalue weighted by atomic mass is 127. The van der Waals surface area contributed by atoms with Gasteiger partial charge in [0.05, 0.1) is 5.56 Å². The zero-order chi connectivity index (χ0) is 15.6. The van der Waals surface area contributed by atoms with Crippen LogP contribution in [0.4, 0.5) is 0 Å². The van der Waals surface area contributed by atoms with Crippen LogP contribution in [-0.2, 0) is 4.79 Å². The molecule has 0 aliphatic heterocycles. The van der Waals surface area contributed by atoms with Gasteiger partial charge in [-0.25, -0.2) is 4.79 Å². The second kappa shape index (κ2) is 6.21. The lowest BCUT2D eigenvalue weighted by Crippen LogP contribution is -2.56. The first-order valence-electron chi connectivity index (χ1n) is 6.88. The van der Waals surface area contributed by atoms with E-state index in [1.807, 2.05) is 29.5 Å². The molecule has 1 aromatic rings. The van der Waals surface area contributed by atoms with Gasteiger partial charge >= 0.3 is 5.97 Å². The lowest BCUT2D eigenvalue weighted by Gasteiger charge is -2.37. The molecule has 1 saturated carbocycles. The summed E-state index contributed by atoms with van der Waals surface area (Å²) in [5.74, 6) is -1.44. The van der Waals surface area contributed by atoms with Crippen LogP contribution >= 0.6 is 22.6 Å². The second-order valence-electron chi connectivity index (χ2n) is 5.70. The van der Waals surface area contributed by atoms with Crippen molar-refractivity contribution in [2.75, 3.05) is 0 Å². The van der Waals surface area contributed by atoms with Gasteiger partial charge in [-0.05, 0) is 59.5 Å². The number of phenols is 1. The number of carboxylic acid groups (broad SMARTS) is 1. The molecule has 1 fully saturated rings. The molecule has 1 aliphatic rings. The number of halogens is 1. The molecule has 3 N–H and O–H groups in total. The van der Waals surface area contributed by atoms with E-state index >= 15 is 0 Å². The molecule has 6 heteroatoms. The Kier molecular flexibility index (Phi) is 4.75. The van der Waals surface area contributed by atoms with Crippen LogP contribution in [0, 0.1) is 9.49 Å². The molecular formula is C15H18INO4. The largest absolute Gasteiger partial charge is 0.507 e. The first-order chi connectivity index (χ1) is 9.84. The second-order valence-corrected chi connectivity index (χ2v) is 6.95. The normalized spacial score (nSPS) is 25.3. The highest BCUT2D eigenvalue weighted by molar-refractivity contribution is 14.1. The van der Waals surface area contributed by atoms with Crippen molar-refractivity contribution in [1.82, 2.24) is 5.32 Å². The molecule has 21 heavy (non-hydrogen) atoms. The molecule has 114 valence electrons. The fraction of sp³-hybridized carbons (Fsp3) is 0.467. The van der Waals surface area contributed by atoms with Gasteiger partial charge in [-0.1, -0.05) is 19.8 Å². The van der Waals surface area contributed by atoms with Crippen molar-refractivity contribution >= 4 is 34.5 Å². The minimum absolute atomic E-state index is 0.112. The monoisotopic (exact) mass is 403 g/mol. The van der Waals surface area contributed by atoms with E-state index in [-0.39, 0.29) is 17.2 Å². The standard InChI is InChI=1S/C15H18INO4/c1-9-3-2-6-15(8-9,14(20)21)17-13(19)11-7-10(16)4-5-12(11)18/h4-5,7,9,18H,2-3,6,8H2,1H3,(H,17,19)(H,20,21). The third-order valence-corrected chi connectivity index (χ3v) is 4.63. The van der Waals surface area contributed by atoms with E-state index in [1.165, 1.54) is 6.07 Å². The number of rotatable bonds is 3. The van der Waals surface area contributed by atoms with Crippen molar-refractivity contribution in [1.29, 1.82) is 0 Å². The minimum atomic E-state index is -1.23. The van der Waals surface area contributed by atoms with Gasteiger partial charge < -0.3 is 15.5 Å². The molecule has 0 aromatic heterocycles. The van der Waals surface area contributed by atoms with Crippen LogP contribution < -0.4 is 5.32 Å². The molecular weight excluding hydrogens is 385 g/mol. The summed E-state index contributed by atoms with van der Waals surface area (Å²) in [6.07, 6.45) is 2.58. The molecule has 5 nitrogen and oxygen atoms in total. The summed E-state index contributed by atoms with van der Waals surface area (Å²) in [6, 6.07) is 4.67. The maximum absolute atomic E-state index is 12.4. The van der Waals surface area contributed by atoms with E-state index < -0.39 is 17.4 Å². The van der Waals surface area contributed by atoms with Crippen LogP contribution in [0.2, 0.25) is 0 Å². The van der Waals surface area contributed by atoms with Gasteiger partial charge in [-0.3, -0.25) is 4.79 Å². The fourth-order valence-electron chi connectivity index (χ4n) is 2.89. The predicted octanol–water partition coefficient (Wildman–Crippen LogP) is 2.76. The Morgan fingerprint density at radius 2 is 2.14 bits per heavy atom. The third kappa shape index (κ3) is 3.48. The number of benzene rings is 1. The van der Waals surface area contributed by atoms with Crippen molar-refractivity contribution in [2.45, 2.75) is 38.1 Å². The van der Waals surface area contributed by atoms with Crippen LogP contribution in [-0.4, -0.2) is 27.6 Å². The minimum Gasteiger partial charge on any atom is -0.507 e. The fourth-order valence-corrected chi connectivity index (χ4v) is 3.38. The number of hydrogen-bond acceptors (Lipinski definition) is 3. The first kappa shape index (κ1) is 16.1.